The van der Waals surface area contributed by atoms with Crippen molar-refractivity contribution in [1.29, 1.82) is 0 Å². The number of likely N-dealkylation sites (tertiary alicyclic amines) is 1. The Bertz CT molecular complexity index is 890. The van der Waals surface area contributed by atoms with E-state index in [2.05, 4.69) is 4.98 Å². The van der Waals surface area contributed by atoms with Crippen LogP contribution in [-0.4, -0.2) is 56.7 Å². The van der Waals surface area contributed by atoms with Crippen LogP contribution in [0.1, 0.15) is 28.9 Å². The number of imide groups is 1. The molecule has 2 aromatic rings. The van der Waals surface area contributed by atoms with Crippen molar-refractivity contribution in [3.63, 3.8) is 0 Å². The lowest BCUT2D eigenvalue weighted by Gasteiger charge is -2.35. The number of pyridine rings is 1. The fraction of sp³-hybridized carbons (Fsp3) is 0.368. The van der Waals surface area contributed by atoms with E-state index in [1.165, 1.54) is 4.90 Å². The van der Waals surface area contributed by atoms with E-state index in [1.54, 1.807) is 4.90 Å². The molecule has 0 radical (unpaired) electrons. The Morgan fingerprint density at radius 1 is 1.15 bits per heavy atom. The number of para-hydroxylation sites is 1. The van der Waals surface area contributed by atoms with Crippen LogP contribution in [0, 0.1) is 6.92 Å². The van der Waals surface area contributed by atoms with Crippen molar-refractivity contribution in [2.45, 2.75) is 25.8 Å². The van der Waals surface area contributed by atoms with Crippen molar-refractivity contribution >= 4 is 39.7 Å². The number of benzene rings is 1. The average molecular weight is 369 g/mol. The van der Waals surface area contributed by atoms with Crippen LogP contribution in [-0.2, 0) is 4.79 Å². The smallest absolute Gasteiger partial charge is 0.289 e. The van der Waals surface area contributed by atoms with E-state index in [0.29, 0.717) is 31.5 Å². The van der Waals surface area contributed by atoms with Gasteiger partial charge in [0.2, 0.25) is 5.91 Å². The van der Waals surface area contributed by atoms with Crippen molar-refractivity contribution in [3.8, 4) is 0 Å². The number of carbonyl (C=O) groups excluding carboxylic acids is 3. The Hall–Kier alpha value is -2.41. The average Bonchev–Trinajstić information content (AvgIpc) is 2.99. The highest BCUT2D eigenvalue weighted by Crippen LogP contribution is 2.28. The molecule has 4 rings (SSSR count). The predicted octanol–water partition coefficient (Wildman–Crippen LogP) is 2.84. The lowest BCUT2D eigenvalue weighted by atomic mass is 10.0. The quantitative estimate of drug-likeness (QED) is 0.814. The third-order valence-corrected chi connectivity index (χ3v) is 5.83. The minimum absolute atomic E-state index is 0.0411. The number of rotatable bonds is 2. The number of hydrogen-bond acceptors (Lipinski definition) is 5. The summed E-state index contributed by atoms with van der Waals surface area (Å²) in [5.74, 6) is 0.0815. The molecule has 1 aromatic carbocycles. The summed E-state index contributed by atoms with van der Waals surface area (Å²) in [5, 5.41) is 0.787. The molecule has 0 bridgehead atoms. The van der Waals surface area contributed by atoms with Crippen molar-refractivity contribution < 1.29 is 14.4 Å². The van der Waals surface area contributed by atoms with E-state index < -0.39 is 0 Å². The summed E-state index contributed by atoms with van der Waals surface area (Å²) in [7, 11) is 0. The maximum Gasteiger partial charge on any atom is 0.289 e. The monoisotopic (exact) mass is 369 g/mol. The van der Waals surface area contributed by atoms with Gasteiger partial charge in [-0.05, 0) is 31.9 Å². The molecule has 7 heteroatoms. The predicted molar refractivity (Wildman–Crippen MR) is 100 cm³/mol. The van der Waals surface area contributed by atoms with Gasteiger partial charge in [0.05, 0.1) is 16.8 Å². The lowest BCUT2D eigenvalue weighted by molar-refractivity contribution is -0.126. The Balaban J connectivity index is 1.52. The summed E-state index contributed by atoms with van der Waals surface area (Å²) in [6.07, 6.45) is 1.25. The summed E-state index contributed by atoms with van der Waals surface area (Å²) >= 11 is 1.06. The second-order valence-electron chi connectivity index (χ2n) is 6.67. The van der Waals surface area contributed by atoms with Crippen molar-refractivity contribution in [3.05, 3.63) is 41.6 Å². The van der Waals surface area contributed by atoms with Gasteiger partial charge in [-0.15, -0.1) is 0 Å². The van der Waals surface area contributed by atoms with Gasteiger partial charge in [0.15, 0.2) is 0 Å². The van der Waals surface area contributed by atoms with E-state index in [-0.39, 0.29) is 28.8 Å². The minimum atomic E-state index is -0.159. The molecule has 0 aliphatic carbocycles. The number of carbonyl (C=O) groups is 3. The summed E-state index contributed by atoms with van der Waals surface area (Å²) in [4.78, 5) is 44.5. The number of amides is 3. The first kappa shape index (κ1) is 17.0. The number of aromatic nitrogens is 1. The molecule has 26 heavy (non-hydrogen) atoms. The van der Waals surface area contributed by atoms with Crippen LogP contribution in [0.2, 0.25) is 0 Å². The van der Waals surface area contributed by atoms with E-state index >= 15 is 0 Å². The lowest BCUT2D eigenvalue weighted by Crippen LogP contribution is -2.48. The first-order valence-corrected chi connectivity index (χ1v) is 9.67. The van der Waals surface area contributed by atoms with Gasteiger partial charge in [0, 0.05) is 30.2 Å². The molecule has 6 nitrogen and oxygen atoms in total. The van der Waals surface area contributed by atoms with Gasteiger partial charge < -0.3 is 4.90 Å². The molecule has 0 N–H and O–H groups in total. The molecule has 3 amide bonds. The Morgan fingerprint density at radius 3 is 2.62 bits per heavy atom. The maximum atomic E-state index is 13.0. The third-order valence-electron chi connectivity index (χ3n) is 4.99. The zero-order valence-electron chi connectivity index (χ0n) is 14.5. The molecule has 1 aromatic heterocycles. The van der Waals surface area contributed by atoms with Gasteiger partial charge in [-0.3, -0.25) is 24.3 Å². The van der Waals surface area contributed by atoms with E-state index in [4.69, 9.17) is 0 Å². The van der Waals surface area contributed by atoms with Gasteiger partial charge >= 0.3 is 0 Å². The van der Waals surface area contributed by atoms with Gasteiger partial charge in [0.25, 0.3) is 11.1 Å². The maximum absolute atomic E-state index is 13.0. The number of aryl methyl sites for hydroxylation is 1. The Morgan fingerprint density at radius 2 is 1.92 bits per heavy atom. The molecule has 0 atom stereocenters. The number of piperidine rings is 1. The topological polar surface area (TPSA) is 70.6 Å². The summed E-state index contributed by atoms with van der Waals surface area (Å²) < 4.78 is 0. The largest absolute Gasteiger partial charge is 0.338 e. The highest BCUT2D eigenvalue weighted by atomic mass is 32.2. The fourth-order valence-electron chi connectivity index (χ4n) is 3.63. The molecule has 134 valence electrons. The van der Waals surface area contributed by atoms with E-state index in [0.717, 1.165) is 28.4 Å². The van der Waals surface area contributed by atoms with Gasteiger partial charge in [0.1, 0.15) is 0 Å². The van der Waals surface area contributed by atoms with Crippen LogP contribution >= 0.6 is 11.8 Å². The Labute approximate surface area is 155 Å². The molecular formula is C19H19N3O3S. The van der Waals surface area contributed by atoms with Crippen LogP contribution in [0.4, 0.5) is 4.79 Å². The Kier molecular flexibility index (Phi) is 4.40. The second-order valence-corrected chi connectivity index (χ2v) is 7.60. The van der Waals surface area contributed by atoms with Gasteiger partial charge in [-0.25, -0.2) is 0 Å². The summed E-state index contributed by atoms with van der Waals surface area (Å²) in [5.41, 5.74) is 2.20. The fourth-order valence-corrected chi connectivity index (χ4v) is 4.41. The molecule has 2 aliphatic rings. The minimum Gasteiger partial charge on any atom is -0.338 e. The summed E-state index contributed by atoms with van der Waals surface area (Å²) in [6, 6.07) is 9.45. The third kappa shape index (κ3) is 2.96. The molecule has 3 heterocycles. The van der Waals surface area contributed by atoms with Gasteiger partial charge in [-0.2, -0.15) is 0 Å². The van der Waals surface area contributed by atoms with Crippen LogP contribution in [0.15, 0.2) is 30.3 Å². The zero-order valence-corrected chi connectivity index (χ0v) is 15.3. The first-order valence-electron chi connectivity index (χ1n) is 8.69. The number of thioether (sulfide) groups is 1. The molecule has 0 saturated carbocycles. The molecular weight excluding hydrogens is 350 g/mol. The number of nitrogens with zero attached hydrogens (tertiary/aromatic N) is 3. The molecule has 2 fully saturated rings. The van der Waals surface area contributed by atoms with Crippen LogP contribution in [0.5, 0.6) is 0 Å². The zero-order chi connectivity index (χ0) is 18.3. The normalized spacial score (nSPS) is 18.8. The van der Waals surface area contributed by atoms with Crippen molar-refractivity contribution in [2.24, 2.45) is 0 Å². The number of hydrogen-bond donors (Lipinski definition) is 0. The summed E-state index contributed by atoms with van der Waals surface area (Å²) in [6.45, 7) is 2.98. The van der Waals surface area contributed by atoms with Crippen LogP contribution < -0.4 is 0 Å². The molecule has 2 aliphatic heterocycles. The highest BCUT2D eigenvalue weighted by Gasteiger charge is 2.38. The van der Waals surface area contributed by atoms with Crippen LogP contribution in [0.25, 0.3) is 10.9 Å². The second kappa shape index (κ2) is 6.72. The highest BCUT2D eigenvalue weighted by molar-refractivity contribution is 8.14. The van der Waals surface area contributed by atoms with E-state index in [9.17, 15) is 14.4 Å². The molecule has 0 spiro atoms. The number of fused-ring (bicyclic) bond motifs is 1. The standard InChI is InChI=1S/C19H19N3O3S/c1-12-5-6-13-3-2-4-15(17(13)20-12)18(24)21-9-7-14(8-10-21)22-16(23)11-26-19(22)25/h2-6,14H,7-11H2,1H3. The molecule has 0 unspecified atom stereocenters. The molecule has 2 saturated heterocycles. The van der Waals surface area contributed by atoms with Gasteiger partial charge in [-0.1, -0.05) is 30.0 Å². The SMILES string of the molecule is Cc1ccc2cccc(C(=O)N3CCC(N4C(=O)CSC4=O)CC3)c2n1. The van der Waals surface area contributed by atoms with Crippen molar-refractivity contribution in [2.75, 3.05) is 18.8 Å². The first-order chi connectivity index (χ1) is 12.5. The van der Waals surface area contributed by atoms with E-state index in [1.807, 2.05) is 37.3 Å². The van der Waals surface area contributed by atoms with Crippen molar-refractivity contribution in [1.82, 2.24) is 14.8 Å². The van der Waals surface area contributed by atoms with Crippen LogP contribution in [0.3, 0.4) is 0 Å².